The molecule has 1 aliphatic rings. The molecule has 2 heterocycles. The third-order valence-electron chi connectivity index (χ3n) is 6.22. The van der Waals surface area contributed by atoms with Crippen LogP contribution in [-0.4, -0.2) is 54.8 Å². The van der Waals surface area contributed by atoms with E-state index in [2.05, 4.69) is 10.3 Å². The highest BCUT2D eigenvalue weighted by atomic mass is 16.5. The maximum atomic E-state index is 13.0. The van der Waals surface area contributed by atoms with Crippen LogP contribution in [-0.2, 0) is 16.0 Å². The van der Waals surface area contributed by atoms with E-state index in [1.165, 1.54) is 0 Å². The number of carbonyl (C=O) groups is 2. The molecule has 1 saturated heterocycles. The number of amides is 1. The Morgan fingerprint density at radius 2 is 1.77 bits per heavy atom. The van der Waals surface area contributed by atoms with E-state index in [9.17, 15) is 14.7 Å². The first-order chi connectivity index (χ1) is 17.0. The first-order valence-corrected chi connectivity index (χ1v) is 11.5. The van der Waals surface area contributed by atoms with Gasteiger partial charge < -0.3 is 24.8 Å². The van der Waals surface area contributed by atoms with E-state index >= 15 is 0 Å². The summed E-state index contributed by atoms with van der Waals surface area (Å²) in [7, 11) is 3.21. The van der Waals surface area contributed by atoms with E-state index in [4.69, 9.17) is 9.47 Å². The number of anilines is 1. The summed E-state index contributed by atoms with van der Waals surface area (Å²) < 4.78 is 11.0. The number of nitrogens with one attached hydrogen (secondary N) is 1. The predicted molar refractivity (Wildman–Crippen MR) is 133 cm³/mol. The number of aliphatic carboxylic acids is 1. The van der Waals surface area contributed by atoms with Crippen LogP contribution in [0.4, 0.5) is 5.82 Å². The summed E-state index contributed by atoms with van der Waals surface area (Å²) in [5, 5.41) is 12.5. The first kappa shape index (κ1) is 24.1. The summed E-state index contributed by atoms with van der Waals surface area (Å²) in [5.74, 6) is 0.718. The van der Waals surface area contributed by atoms with Gasteiger partial charge in [0.2, 0.25) is 5.91 Å². The number of pyridine rings is 1. The van der Waals surface area contributed by atoms with E-state index in [1.807, 2.05) is 65.6 Å². The lowest BCUT2D eigenvalue weighted by Gasteiger charge is -2.26. The summed E-state index contributed by atoms with van der Waals surface area (Å²) in [4.78, 5) is 31.3. The monoisotopic (exact) mass is 475 g/mol. The zero-order valence-corrected chi connectivity index (χ0v) is 19.8. The average Bonchev–Trinajstić information content (AvgIpc) is 3.39. The molecule has 1 aromatic heterocycles. The van der Waals surface area contributed by atoms with Crippen molar-refractivity contribution in [2.75, 3.05) is 25.7 Å². The largest absolute Gasteiger partial charge is 0.496 e. The second-order valence-electron chi connectivity index (χ2n) is 8.38. The second kappa shape index (κ2) is 10.9. The molecular weight excluding hydrogens is 446 g/mol. The van der Waals surface area contributed by atoms with Crippen LogP contribution in [0.25, 0.3) is 11.1 Å². The molecule has 2 aromatic carbocycles. The number of aromatic nitrogens is 1. The quantitative estimate of drug-likeness (QED) is 0.488. The van der Waals surface area contributed by atoms with E-state index in [0.717, 1.165) is 28.9 Å². The number of rotatable bonds is 9. The van der Waals surface area contributed by atoms with Crippen molar-refractivity contribution in [2.24, 2.45) is 0 Å². The molecule has 0 aliphatic carbocycles. The summed E-state index contributed by atoms with van der Waals surface area (Å²) in [6.45, 7) is 0.709. The zero-order valence-electron chi connectivity index (χ0n) is 19.8. The molecule has 0 unspecified atom stereocenters. The average molecular weight is 476 g/mol. The Morgan fingerprint density at radius 1 is 1.06 bits per heavy atom. The lowest BCUT2D eigenvalue weighted by atomic mass is 9.99. The van der Waals surface area contributed by atoms with Gasteiger partial charge in [-0.3, -0.25) is 4.79 Å². The van der Waals surface area contributed by atoms with Gasteiger partial charge in [0.1, 0.15) is 29.4 Å². The zero-order chi connectivity index (χ0) is 24.8. The van der Waals surface area contributed by atoms with Crippen molar-refractivity contribution in [3.63, 3.8) is 0 Å². The van der Waals surface area contributed by atoms with Gasteiger partial charge in [-0.2, -0.15) is 0 Å². The van der Waals surface area contributed by atoms with Crippen molar-refractivity contribution in [3.05, 3.63) is 72.4 Å². The number of hydrogen-bond acceptors (Lipinski definition) is 6. The fraction of sp³-hybridized carbons (Fsp3) is 0.296. The molecule has 0 saturated carbocycles. The molecule has 2 N–H and O–H groups in total. The number of nitrogens with zero attached hydrogens (tertiary/aromatic N) is 2. The van der Waals surface area contributed by atoms with E-state index in [-0.39, 0.29) is 12.3 Å². The van der Waals surface area contributed by atoms with Gasteiger partial charge in [0.15, 0.2) is 0 Å². The number of carboxylic acid groups (broad SMARTS) is 1. The SMILES string of the molecule is COc1cccc(OC)c1-c1ccc(C[C@H](NC(=O)[C@@H]2CCCN2c2ccccn2)C(=O)O)cc1. The predicted octanol–water partition coefficient (Wildman–Crippen LogP) is 3.55. The van der Waals surface area contributed by atoms with Crippen LogP contribution in [0.1, 0.15) is 18.4 Å². The second-order valence-corrected chi connectivity index (χ2v) is 8.38. The fourth-order valence-corrected chi connectivity index (χ4v) is 4.48. The van der Waals surface area contributed by atoms with Gasteiger partial charge in [0, 0.05) is 19.2 Å². The molecule has 1 fully saturated rings. The minimum atomic E-state index is -1.07. The van der Waals surface area contributed by atoms with Crippen LogP contribution in [0.2, 0.25) is 0 Å². The van der Waals surface area contributed by atoms with Crippen molar-refractivity contribution in [3.8, 4) is 22.6 Å². The molecule has 0 spiro atoms. The summed E-state index contributed by atoms with van der Waals surface area (Å²) >= 11 is 0. The van der Waals surface area contributed by atoms with Crippen molar-refractivity contribution in [2.45, 2.75) is 31.3 Å². The third-order valence-corrected chi connectivity index (χ3v) is 6.22. The van der Waals surface area contributed by atoms with Gasteiger partial charge in [0.05, 0.1) is 19.8 Å². The van der Waals surface area contributed by atoms with Crippen LogP contribution in [0, 0.1) is 0 Å². The maximum absolute atomic E-state index is 13.0. The normalized spacial score (nSPS) is 15.9. The highest BCUT2D eigenvalue weighted by Gasteiger charge is 2.33. The minimum Gasteiger partial charge on any atom is -0.496 e. The van der Waals surface area contributed by atoms with E-state index in [1.54, 1.807) is 20.4 Å². The third kappa shape index (κ3) is 5.37. The summed E-state index contributed by atoms with van der Waals surface area (Å²) in [5.41, 5.74) is 2.50. The smallest absolute Gasteiger partial charge is 0.326 e. The molecule has 8 heteroatoms. The molecular formula is C27H29N3O5. The Balaban J connectivity index is 1.48. The number of carbonyl (C=O) groups excluding carboxylic acids is 1. The Kier molecular flexibility index (Phi) is 7.50. The number of hydrogen-bond donors (Lipinski definition) is 2. The topological polar surface area (TPSA) is 101 Å². The van der Waals surface area contributed by atoms with E-state index in [0.29, 0.717) is 24.5 Å². The van der Waals surface area contributed by atoms with Gasteiger partial charge in [-0.15, -0.1) is 0 Å². The van der Waals surface area contributed by atoms with E-state index < -0.39 is 18.1 Å². The molecule has 2 atom stereocenters. The Hall–Kier alpha value is -4.07. The molecule has 0 radical (unpaired) electrons. The molecule has 182 valence electrons. The Morgan fingerprint density at radius 3 is 2.37 bits per heavy atom. The molecule has 3 aromatic rings. The molecule has 35 heavy (non-hydrogen) atoms. The standard InChI is InChI=1S/C27H29N3O5/c1-34-22-8-5-9-23(35-2)25(22)19-13-11-18(12-14-19)17-20(27(32)33)29-26(31)21-7-6-16-30(21)24-10-3-4-15-28-24/h3-5,8-15,20-21H,6-7,16-17H2,1-2H3,(H,29,31)(H,32,33)/t20-,21-/m0/s1. The van der Waals surface area contributed by atoms with Gasteiger partial charge in [-0.25, -0.2) is 9.78 Å². The van der Waals surface area contributed by atoms with Crippen molar-refractivity contribution < 1.29 is 24.2 Å². The van der Waals surface area contributed by atoms with Crippen molar-refractivity contribution in [1.29, 1.82) is 0 Å². The highest BCUT2D eigenvalue weighted by Crippen LogP contribution is 2.38. The lowest BCUT2D eigenvalue weighted by molar-refractivity contribution is -0.141. The minimum absolute atomic E-state index is 0.167. The molecule has 4 rings (SSSR count). The summed E-state index contributed by atoms with van der Waals surface area (Å²) in [6, 6.07) is 17.2. The van der Waals surface area contributed by atoms with Crippen LogP contribution in [0.15, 0.2) is 66.9 Å². The van der Waals surface area contributed by atoms with Crippen LogP contribution in [0.5, 0.6) is 11.5 Å². The molecule has 1 amide bonds. The Bertz CT molecular complexity index is 1140. The van der Waals surface area contributed by atoms with Gasteiger partial charge >= 0.3 is 5.97 Å². The lowest BCUT2D eigenvalue weighted by Crippen LogP contribution is -2.50. The molecule has 1 aliphatic heterocycles. The van der Waals surface area contributed by atoms with Crippen molar-refractivity contribution in [1.82, 2.24) is 10.3 Å². The highest BCUT2D eigenvalue weighted by molar-refractivity contribution is 5.89. The number of carboxylic acids is 1. The number of ether oxygens (including phenoxy) is 2. The van der Waals surface area contributed by atoms with Gasteiger partial charge in [0.25, 0.3) is 0 Å². The molecule has 8 nitrogen and oxygen atoms in total. The van der Waals surface area contributed by atoms with Crippen LogP contribution >= 0.6 is 0 Å². The molecule has 0 bridgehead atoms. The summed E-state index contributed by atoms with van der Waals surface area (Å²) in [6.07, 6.45) is 3.36. The first-order valence-electron chi connectivity index (χ1n) is 11.5. The van der Waals surface area contributed by atoms with Crippen LogP contribution in [0.3, 0.4) is 0 Å². The number of methoxy groups -OCH3 is 2. The Labute approximate surface area is 204 Å². The van der Waals surface area contributed by atoms with Gasteiger partial charge in [-0.1, -0.05) is 36.4 Å². The fourth-order valence-electron chi connectivity index (χ4n) is 4.48. The maximum Gasteiger partial charge on any atom is 0.326 e. The van der Waals surface area contributed by atoms with Gasteiger partial charge in [-0.05, 0) is 48.2 Å². The number of benzene rings is 2. The van der Waals surface area contributed by atoms with Crippen LogP contribution < -0.4 is 19.7 Å². The van der Waals surface area contributed by atoms with Crippen molar-refractivity contribution >= 4 is 17.7 Å².